The Labute approximate surface area is 97.6 Å². The van der Waals surface area contributed by atoms with Crippen molar-refractivity contribution in [1.82, 2.24) is 14.8 Å². The van der Waals surface area contributed by atoms with Gasteiger partial charge in [-0.05, 0) is 11.3 Å². The molecule has 2 rings (SSSR count). The van der Waals surface area contributed by atoms with Gasteiger partial charge in [-0.2, -0.15) is 0 Å². The Balaban J connectivity index is 2.28. The standard InChI is InChI=1S/C8H5F2N5OS/c9-4-1-3(6(11)2-5(4)10)7(16)12-8-13-14-15-17-8/h1-2H,11H2,(H,12,13,15,16). The van der Waals surface area contributed by atoms with E-state index in [9.17, 15) is 13.6 Å². The summed E-state index contributed by atoms with van der Waals surface area (Å²) < 4.78 is 29.2. The maximum Gasteiger partial charge on any atom is 0.259 e. The first kappa shape index (κ1) is 11.3. The lowest BCUT2D eigenvalue weighted by atomic mass is 10.1. The molecule has 0 atom stereocenters. The van der Waals surface area contributed by atoms with Crippen molar-refractivity contribution in [2.75, 3.05) is 11.1 Å². The van der Waals surface area contributed by atoms with Crippen LogP contribution in [-0.2, 0) is 0 Å². The van der Waals surface area contributed by atoms with Crippen LogP contribution in [-0.4, -0.2) is 20.7 Å². The van der Waals surface area contributed by atoms with E-state index in [2.05, 4.69) is 20.1 Å². The molecule has 1 aromatic heterocycles. The van der Waals surface area contributed by atoms with Crippen LogP contribution in [0.5, 0.6) is 0 Å². The van der Waals surface area contributed by atoms with Crippen LogP contribution in [0.4, 0.5) is 19.6 Å². The van der Waals surface area contributed by atoms with Gasteiger partial charge in [0.05, 0.1) is 5.56 Å². The Morgan fingerprint density at radius 3 is 2.71 bits per heavy atom. The van der Waals surface area contributed by atoms with E-state index in [0.29, 0.717) is 6.07 Å². The molecule has 0 bridgehead atoms. The van der Waals surface area contributed by atoms with Crippen LogP contribution in [0.1, 0.15) is 10.4 Å². The number of benzene rings is 1. The molecule has 9 heteroatoms. The molecule has 0 unspecified atom stereocenters. The van der Waals surface area contributed by atoms with E-state index in [1.54, 1.807) is 0 Å². The molecule has 88 valence electrons. The van der Waals surface area contributed by atoms with E-state index < -0.39 is 17.5 Å². The number of nitrogen functional groups attached to an aromatic ring is 1. The lowest BCUT2D eigenvalue weighted by Gasteiger charge is -2.05. The highest BCUT2D eigenvalue weighted by molar-refractivity contribution is 7.09. The molecule has 0 aliphatic rings. The van der Waals surface area contributed by atoms with Crippen LogP contribution in [0.25, 0.3) is 0 Å². The fourth-order valence-electron chi connectivity index (χ4n) is 1.11. The average Bonchev–Trinajstić information content (AvgIpc) is 2.76. The molecule has 0 aliphatic carbocycles. The lowest BCUT2D eigenvalue weighted by molar-refractivity contribution is 0.102. The number of halogens is 2. The van der Waals surface area contributed by atoms with E-state index >= 15 is 0 Å². The van der Waals surface area contributed by atoms with Gasteiger partial charge in [-0.1, -0.05) is 9.59 Å². The molecule has 1 aromatic carbocycles. The van der Waals surface area contributed by atoms with E-state index in [0.717, 1.165) is 17.6 Å². The second-order valence-corrected chi connectivity index (χ2v) is 3.71. The predicted octanol–water partition coefficient (Wildman–Crippen LogP) is 1.05. The summed E-state index contributed by atoms with van der Waals surface area (Å²) in [6, 6.07) is 1.46. The van der Waals surface area contributed by atoms with Gasteiger partial charge in [0, 0.05) is 23.3 Å². The normalized spacial score (nSPS) is 10.2. The molecule has 2 aromatic rings. The summed E-state index contributed by atoms with van der Waals surface area (Å²) in [7, 11) is 0. The quantitative estimate of drug-likeness (QED) is 0.784. The topological polar surface area (TPSA) is 93.8 Å². The molecule has 0 radical (unpaired) electrons. The Morgan fingerprint density at radius 2 is 2.06 bits per heavy atom. The van der Waals surface area contributed by atoms with Gasteiger partial charge in [0.15, 0.2) is 11.6 Å². The molecular weight excluding hydrogens is 252 g/mol. The molecule has 0 saturated heterocycles. The van der Waals surface area contributed by atoms with Crippen molar-refractivity contribution in [2.24, 2.45) is 0 Å². The van der Waals surface area contributed by atoms with Crippen molar-refractivity contribution in [3.63, 3.8) is 0 Å². The molecule has 17 heavy (non-hydrogen) atoms. The Morgan fingerprint density at radius 1 is 1.35 bits per heavy atom. The number of anilines is 2. The fourth-order valence-corrected chi connectivity index (χ4v) is 1.47. The lowest BCUT2D eigenvalue weighted by Crippen LogP contribution is -2.14. The van der Waals surface area contributed by atoms with Gasteiger partial charge in [0.25, 0.3) is 5.91 Å². The third-order valence-electron chi connectivity index (χ3n) is 1.86. The number of carbonyl (C=O) groups is 1. The summed E-state index contributed by atoms with van der Waals surface area (Å²) in [6.07, 6.45) is 0. The van der Waals surface area contributed by atoms with Crippen LogP contribution in [0.2, 0.25) is 0 Å². The second kappa shape index (κ2) is 4.37. The van der Waals surface area contributed by atoms with Crippen molar-refractivity contribution in [2.45, 2.75) is 0 Å². The highest BCUT2D eigenvalue weighted by atomic mass is 32.1. The number of aromatic nitrogens is 3. The van der Waals surface area contributed by atoms with Gasteiger partial charge >= 0.3 is 0 Å². The Hall–Kier alpha value is -2.16. The summed E-state index contributed by atoms with van der Waals surface area (Å²) in [6.45, 7) is 0. The van der Waals surface area contributed by atoms with Crippen LogP contribution in [0.15, 0.2) is 12.1 Å². The summed E-state index contributed by atoms with van der Waals surface area (Å²) in [5.74, 6) is -2.98. The minimum Gasteiger partial charge on any atom is -0.398 e. The van der Waals surface area contributed by atoms with Crippen molar-refractivity contribution in [3.8, 4) is 0 Å². The molecule has 0 spiro atoms. The SMILES string of the molecule is Nc1cc(F)c(F)cc1C(=O)Nc1nnns1. The number of amides is 1. The number of nitrogens with two attached hydrogens (primary N) is 1. The van der Waals surface area contributed by atoms with Gasteiger partial charge in [-0.3, -0.25) is 10.1 Å². The third-order valence-corrected chi connectivity index (χ3v) is 2.37. The monoisotopic (exact) mass is 257 g/mol. The van der Waals surface area contributed by atoms with Gasteiger partial charge in [0.2, 0.25) is 5.13 Å². The van der Waals surface area contributed by atoms with Gasteiger partial charge in [0.1, 0.15) is 0 Å². The molecule has 1 heterocycles. The number of hydrogen-bond acceptors (Lipinski definition) is 6. The van der Waals surface area contributed by atoms with Gasteiger partial charge in [-0.15, -0.1) is 0 Å². The van der Waals surface area contributed by atoms with Crippen molar-refractivity contribution >= 4 is 28.3 Å². The molecule has 6 nitrogen and oxygen atoms in total. The second-order valence-electron chi connectivity index (χ2n) is 2.98. The first-order valence-corrected chi connectivity index (χ1v) is 5.06. The summed E-state index contributed by atoms with van der Waals surface area (Å²) in [5.41, 5.74) is 5.06. The van der Waals surface area contributed by atoms with Crippen LogP contribution in [0.3, 0.4) is 0 Å². The Kier molecular flexibility index (Phi) is 2.91. The molecule has 3 N–H and O–H groups in total. The number of hydrogen-bond donors (Lipinski definition) is 2. The van der Waals surface area contributed by atoms with Crippen LogP contribution in [0, 0.1) is 11.6 Å². The molecule has 1 amide bonds. The van der Waals surface area contributed by atoms with E-state index in [4.69, 9.17) is 5.73 Å². The zero-order valence-electron chi connectivity index (χ0n) is 8.15. The van der Waals surface area contributed by atoms with E-state index in [1.807, 2.05) is 0 Å². The molecule has 0 aliphatic heterocycles. The number of nitrogens with one attached hydrogen (secondary N) is 1. The maximum atomic E-state index is 13.0. The first-order valence-electron chi connectivity index (χ1n) is 4.29. The van der Waals surface area contributed by atoms with Gasteiger partial charge in [-0.25, -0.2) is 8.78 Å². The largest absolute Gasteiger partial charge is 0.398 e. The first-order chi connectivity index (χ1) is 8.08. The number of nitrogens with zero attached hydrogens (tertiary/aromatic N) is 3. The van der Waals surface area contributed by atoms with E-state index in [-0.39, 0.29) is 16.4 Å². The van der Waals surface area contributed by atoms with E-state index in [1.165, 1.54) is 0 Å². The van der Waals surface area contributed by atoms with Crippen molar-refractivity contribution in [1.29, 1.82) is 0 Å². The molecular formula is C8H5F2N5OS. The molecule has 0 saturated carbocycles. The van der Waals surface area contributed by atoms with Gasteiger partial charge < -0.3 is 5.73 Å². The number of rotatable bonds is 2. The smallest absolute Gasteiger partial charge is 0.259 e. The summed E-state index contributed by atoms with van der Waals surface area (Å²) >= 11 is 0.846. The average molecular weight is 257 g/mol. The van der Waals surface area contributed by atoms with Crippen molar-refractivity contribution < 1.29 is 13.6 Å². The predicted molar refractivity (Wildman–Crippen MR) is 56.4 cm³/mol. The minimum atomic E-state index is -1.15. The fraction of sp³-hybridized carbons (Fsp3) is 0. The summed E-state index contributed by atoms with van der Waals surface area (Å²) in [4.78, 5) is 11.6. The molecule has 0 fully saturated rings. The highest BCUT2D eigenvalue weighted by Crippen LogP contribution is 2.18. The van der Waals surface area contributed by atoms with Crippen LogP contribution < -0.4 is 11.1 Å². The van der Waals surface area contributed by atoms with Crippen LogP contribution >= 0.6 is 11.5 Å². The summed E-state index contributed by atoms with van der Waals surface area (Å²) in [5, 5.41) is 9.17. The maximum absolute atomic E-state index is 13.0. The van der Waals surface area contributed by atoms with Crippen molar-refractivity contribution in [3.05, 3.63) is 29.3 Å². The minimum absolute atomic E-state index is 0.138. The Bertz CT molecular complexity index is 559. The zero-order valence-corrected chi connectivity index (χ0v) is 8.96. The third kappa shape index (κ3) is 2.33. The number of carbonyl (C=O) groups excluding carboxylic acids is 1. The highest BCUT2D eigenvalue weighted by Gasteiger charge is 2.15. The zero-order chi connectivity index (χ0) is 12.4.